The predicted molar refractivity (Wildman–Crippen MR) is 62.4 cm³/mol. The van der Waals surface area contributed by atoms with Crippen molar-refractivity contribution in [2.75, 3.05) is 0 Å². The van der Waals surface area contributed by atoms with Gasteiger partial charge < -0.3 is 9.26 Å². The molecular formula is C12H10ClNO3. The van der Waals surface area contributed by atoms with E-state index < -0.39 is 0 Å². The van der Waals surface area contributed by atoms with E-state index in [1.165, 1.54) is 0 Å². The topological polar surface area (TPSA) is 52.3 Å². The van der Waals surface area contributed by atoms with Crippen LogP contribution in [0.5, 0.6) is 5.75 Å². The molecule has 0 N–H and O–H groups in total. The summed E-state index contributed by atoms with van der Waals surface area (Å²) < 4.78 is 10.5. The van der Waals surface area contributed by atoms with Gasteiger partial charge in [0.1, 0.15) is 12.4 Å². The van der Waals surface area contributed by atoms with Crippen LogP contribution < -0.4 is 4.74 Å². The van der Waals surface area contributed by atoms with Crippen LogP contribution in [0.3, 0.4) is 0 Å². The quantitative estimate of drug-likeness (QED) is 0.784. The van der Waals surface area contributed by atoms with Crippen LogP contribution in [-0.2, 0) is 6.61 Å². The van der Waals surface area contributed by atoms with Gasteiger partial charge in [-0.2, -0.15) is 0 Å². The van der Waals surface area contributed by atoms with Gasteiger partial charge in [-0.3, -0.25) is 4.79 Å². The first-order valence-electron chi connectivity index (χ1n) is 4.99. The number of aldehydes is 1. The number of benzene rings is 1. The largest absolute Gasteiger partial charge is 0.485 e. The van der Waals surface area contributed by atoms with E-state index in [0.717, 1.165) is 5.69 Å². The van der Waals surface area contributed by atoms with Crippen molar-refractivity contribution in [1.82, 2.24) is 5.16 Å². The molecule has 0 unspecified atom stereocenters. The standard InChI is InChI=1S/C12H10ClNO3/c1-8-5-9(17-14-8)7-16-12-4-2-3-11(13)10(12)6-15/h2-6H,7H2,1H3. The molecule has 2 rings (SSSR count). The second-order valence-electron chi connectivity index (χ2n) is 3.49. The van der Waals surface area contributed by atoms with E-state index in [1.54, 1.807) is 24.3 Å². The highest BCUT2D eigenvalue weighted by Gasteiger charge is 2.08. The van der Waals surface area contributed by atoms with Gasteiger partial charge in [0.05, 0.1) is 16.3 Å². The molecule has 0 aliphatic heterocycles. The van der Waals surface area contributed by atoms with Crippen molar-refractivity contribution in [2.24, 2.45) is 0 Å². The highest BCUT2D eigenvalue weighted by molar-refractivity contribution is 6.33. The highest BCUT2D eigenvalue weighted by Crippen LogP contribution is 2.25. The number of aromatic nitrogens is 1. The number of aryl methyl sites for hydroxylation is 1. The van der Waals surface area contributed by atoms with E-state index in [4.69, 9.17) is 20.9 Å². The van der Waals surface area contributed by atoms with E-state index >= 15 is 0 Å². The molecule has 88 valence electrons. The van der Waals surface area contributed by atoms with Gasteiger partial charge in [-0.15, -0.1) is 0 Å². The zero-order chi connectivity index (χ0) is 12.3. The lowest BCUT2D eigenvalue weighted by Gasteiger charge is -2.07. The van der Waals surface area contributed by atoms with Gasteiger partial charge in [0.15, 0.2) is 12.0 Å². The van der Waals surface area contributed by atoms with Crippen molar-refractivity contribution < 1.29 is 14.1 Å². The summed E-state index contributed by atoms with van der Waals surface area (Å²) in [6, 6.07) is 6.80. The summed E-state index contributed by atoms with van der Waals surface area (Å²) in [6.45, 7) is 2.03. The number of hydrogen-bond donors (Lipinski definition) is 0. The first-order chi connectivity index (χ1) is 8.20. The molecule has 0 saturated carbocycles. The van der Waals surface area contributed by atoms with Crippen molar-refractivity contribution in [2.45, 2.75) is 13.5 Å². The summed E-state index contributed by atoms with van der Waals surface area (Å²) in [5.74, 6) is 1.03. The number of nitrogens with zero attached hydrogens (tertiary/aromatic N) is 1. The first kappa shape index (κ1) is 11.7. The molecule has 1 aromatic heterocycles. The zero-order valence-corrected chi connectivity index (χ0v) is 9.90. The Bertz CT molecular complexity index is 536. The Kier molecular flexibility index (Phi) is 3.44. The van der Waals surface area contributed by atoms with Gasteiger partial charge in [0, 0.05) is 6.07 Å². The Morgan fingerprint density at radius 3 is 3.00 bits per heavy atom. The molecule has 1 aromatic carbocycles. The Morgan fingerprint density at radius 1 is 1.53 bits per heavy atom. The van der Waals surface area contributed by atoms with Crippen molar-refractivity contribution in [1.29, 1.82) is 0 Å². The first-order valence-corrected chi connectivity index (χ1v) is 5.37. The van der Waals surface area contributed by atoms with Crippen LogP contribution in [-0.4, -0.2) is 11.4 Å². The number of rotatable bonds is 4. The number of carbonyl (C=O) groups is 1. The van der Waals surface area contributed by atoms with Crippen molar-refractivity contribution in [3.8, 4) is 5.75 Å². The van der Waals surface area contributed by atoms with E-state index in [1.807, 2.05) is 6.92 Å². The third-order valence-corrected chi connectivity index (χ3v) is 2.51. The maximum atomic E-state index is 10.9. The van der Waals surface area contributed by atoms with Crippen LogP contribution in [0.15, 0.2) is 28.8 Å². The molecule has 2 aromatic rings. The Hall–Kier alpha value is -1.81. The lowest BCUT2D eigenvalue weighted by Crippen LogP contribution is -1.97. The van der Waals surface area contributed by atoms with Crippen LogP contribution in [0.4, 0.5) is 0 Å². The normalized spacial score (nSPS) is 10.2. The van der Waals surface area contributed by atoms with E-state index in [9.17, 15) is 4.79 Å². The average molecular weight is 252 g/mol. The third kappa shape index (κ3) is 2.65. The minimum atomic E-state index is 0.210. The molecule has 0 aliphatic carbocycles. The molecule has 17 heavy (non-hydrogen) atoms. The molecule has 0 fully saturated rings. The van der Waals surface area contributed by atoms with Gasteiger partial charge >= 0.3 is 0 Å². The van der Waals surface area contributed by atoms with Gasteiger partial charge in [0.25, 0.3) is 0 Å². The van der Waals surface area contributed by atoms with E-state index in [-0.39, 0.29) is 6.61 Å². The summed E-state index contributed by atoms with van der Waals surface area (Å²) in [6.07, 6.45) is 0.670. The van der Waals surface area contributed by atoms with Crippen LogP contribution in [0, 0.1) is 6.92 Å². The third-order valence-electron chi connectivity index (χ3n) is 2.18. The minimum absolute atomic E-state index is 0.210. The molecule has 0 radical (unpaired) electrons. The second-order valence-corrected chi connectivity index (χ2v) is 3.90. The van der Waals surface area contributed by atoms with E-state index in [2.05, 4.69) is 5.16 Å². The maximum Gasteiger partial charge on any atom is 0.174 e. The maximum absolute atomic E-state index is 10.9. The summed E-state index contributed by atoms with van der Waals surface area (Å²) in [7, 11) is 0. The molecule has 0 bridgehead atoms. The fourth-order valence-corrected chi connectivity index (χ4v) is 1.60. The number of hydrogen-bond acceptors (Lipinski definition) is 4. The lowest BCUT2D eigenvalue weighted by atomic mass is 10.2. The fraction of sp³-hybridized carbons (Fsp3) is 0.167. The molecule has 0 saturated heterocycles. The van der Waals surface area contributed by atoms with Crippen molar-refractivity contribution >= 4 is 17.9 Å². The van der Waals surface area contributed by atoms with Crippen molar-refractivity contribution in [3.05, 3.63) is 46.3 Å². The monoisotopic (exact) mass is 251 g/mol. The summed E-state index contributed by atoms with van der Waals surface area (Å²) in [5, 5.41) is 4.11. The second kappa shape index (κ2) is 5.01. The fourth-order valence-electron chi connectivity index (χ4n) is 1.39. The Morgan fingerprint density at radius 2 is 2.35 bits per heavy atom. The van der Waals surface area contributed by atoms with Crippen LogP contribution >= 0.6 is 11.6 Å². The molecule has 0 aliphatic rings. The SMILES string of the molecule is Cc1cc(COc2cccc(Cl)c2C=O)on1. The van der Waals surface area contributed by atoms with Gasteiger partial charge in [-0.1, -0.05) is 22.8 Å². The molecule has 1 heterocycles. The van der Waals surface area contributed by atoms with Crippen LogP contribution in [0.25, 0.3) is 0 Å². The van der Waals surface area contributed by atoms with Gasteiger partial charge in [0.2, 0.25) is 0 Å². The number of carbonyl (C=O) groups excluding carboxylic acids is 1. The zero-order valence-electron chi connectivity index (χ0n) is 9.14. The summed E-state index contributed by atoms with van der Waals surface area (Å²) in [5.41, 5.74) is 1.12. The smallest absolute Gasteiger partial charge is 0.174 e. The average Bonchev–Trinajstić information content (AvgIpc) is 2.72. The molecular weight excluding hydrogens is 242 g/mol. The van der Waals surface area contributed by atoms with Crippen molar-refractivity contribution in [3.63, 3.8) is 0 Å². The summed E-state index contributed by atoms with van der Waals surface area (Å²) in [4.78, 5) is 10.9. The van der Waals surface area contributed by atoms with Gasteiger partial charge in [-0.05, 0) is 19.1 Å². The van der Waals surface area contributed by atoms with Crippen LogP contribution in [0.2, 0.25) is 5.02 Å². The molecule has 5 heteroatoms. The predicted octanol–water partition coefficient (Wildman–Crippen LogP) is 3.03. The minimum Gasteiger partial charge on any atom is -0.485 e. The number of halogens is 1. The highest BCUT2D eigenvalue weighted by atomic mass is 35.5. The molecule has 0 amide bonds. The molecule has 0 spiro atoms. The number of ether oxygens (including phenoxy) is 1. The van der Waals surface area contributed by atoms with Crippen LogP contribution in [0.1, 0.15) is 21.8 Å². The molecule has 4 nitrogen and oxygen atoms in total. The Balaban J connectivity index is 2.14. The lowest BCUT2D eigenvalue weighted by molar-refractivity contribution is 0.111. The van der Waals surface area contributed by atoms with E-state index in [0.29, 0.717) is 28.4 Å². The van der Waals surface area contributed by atoms with Gasteiger partial charge in [-0.25, -0.2) is 0 Å². The summed E-state index contributed by atoms with van der Waals surface area (Å²) >= 11 is 5.87. The Labute approximate surface area is 103 Å². The molecule has 0 atom stereocenters.